The third kappa shape index (κ3) is 3.34. The summed E-state index contributed by atoms with van der Waals surface area (Å²) in [4.78, 5) is 13.8. The molecule has 1 amide bonds. The molecule has 21 heavy (non-hydrogen) atoms. The summed E-state index contributed by atoms with van der Waals surface area (Å²) in [5.74, 6) is 5.88. The molecule has 0 aromatic heterocycles. The molecular weight excluding hydrogens is 272 g/mol. The molecule has 2 unspecified atom stereocenters. The minimum atomic E-state index is -0.899. The number of rotatable bonds is 2. The molecule has 0 bridgehead atoms. The maximum atomic E-state index is 12.4. The van der Waals surface area contributed by atoms with Gasteiger partial charge in [-0.25, -0.2) is 0 Å². The van der Waals surface area contributed by atoms with Crippen molar-refractivity contribution in [2.24, 2.45) is 5.73 Å². The standard InChI is InChI=1S/C15H18N2O4/c1-21-14-5-4-11(7-10(14)3-2-6-16)15(20)17-8-12(18)13(19)9-17/h4-5,7,12-13,18-19H,6,8-9,16H2,1H3. The van der Waals surface area contributed by atoms with Crippen molar-refractivity contribution in [2.75, 3.05) is 26.7 Å². The smallest absolute Gasteiger partial charge is 0.254 e. The summed E-state index contributed by atoms with van der Waals surface area (Å²) < 4.78 is 5.19. The Bertz CT molecular complexity index is 581. The number of β-amino-alcohol motifs (C(OH)–C–C–N with tert-alkyl or cyclic N) is 2. The van der Waals surface area contributed by atoms with Gasteiger partial charge in [0.1, 0.15) is 5.75 Å². The Balaban J connectivity index is 2.26. The number of carbonyl (C=O) groups is 1. The first-order chi connectivity index (χ1) is 10.1. The fourth-order valence-corrected chi connectivity index (χ4v) is 2.20. The summed E-state index contributed by atoms with van der Waals surface area (Å²) in [6.07, 6.45) is -1.80. The van der Waals surface area contributed by atoms with Crippen LogP contribution >= 0.6 is 0 Å². The Labute approximate surface area is 123 Å². The molecule has 1 aliphatic rings. The van der Waals surface area contributed by atoms with E-state index in [1.54, 1.807) is 18.2 Å². The molecule has 6 heteroatoms. The monoisotopic (exact) mass is 290 g/mol. The van der Waals surface area contributed by atoms with Gasteiger partial charge in [-0.1, -0.05) is 11.8 Å². The molecule has 1 fully saturated rings. The van der Waals surface area contributed by atoms with E-state index in [4.69, 9.17) is 10.5 Å². The largest absolute Gasteiger partial charge is 0.495 e. The van der Waals surface area contributed by atoms with E-state index in [-0.39, 0.29) is 25.5 Å². The molecule has 1 aromatic rings. The van der Waals surface area contributed by atoms with Crippen molar-refractivity contribution >= 4 is 5.91 Å². The Hall–Kier alpha value is -2.07. The van der Waals surface area contributed by atoms with Gasteiger partial charge in [0.2, 0.25) is 0 Å². The van der Waals surface area contributed by atoms with Gasteiger partial charge in [0, 0.05) is 18.7 Å². The molecule has 0 saturated carbocycles. The topological polar surface area (TPSA) is 96.0 Å². The zero-order valence-electron chi connectivity index (χ0n) is 11.7. The number of amides is 1. The fraction of sp³-hybridized carbons (Fsp3) is 0.400. The first kappa shape index (κ1) is 15.3. The van der Waals surface area contributed by atoms with E-state index in [0.29, 0.717) is 16.9 Å². The second kappa shape index (κ2) is 6.59. The molecule has 2 rings (SSSR count). The van der Waals surface area contributed by atoms with Gasteiger partial charge < -0.3 is 25.6 Å². The predicted molar refractivity (Wildman–Crippen MR) is 76.8 cm³/mol. The van der Waals surface area contributed by atoms with Gasteiger partial charge in [0.05, 0.1) is 31.4 Å². The molecule has 0 radical (unpaired) electrons. The maximum Gasteiger partial charge on any atom is 0.254 e. The van der Waals surface area contributed by atoms with E-state index in [2.05, 4.69) is 11.8 Å². The minimum absolute atomic E-state index is 0.121. The van der Waals surface area contributed by atoms with Crippen LogP contribution in [0, 0.1) is 11.8 Å². The number of benzene rings is 1. The molecule has 1 aromatic carbocycles. The highest BCUT2D eigenvalue weighted by Crippen LogP contribution is 2.21. The predicted octanol–water partition coefficient (Wildman–Crippen LogP) is -0.817. The van der Waals surface area contributed by atoms with Crippen LogP contribution in [0.2, 0.25) is 0 Å². The highest BCUT2D eigenvalue weighted by atomic mass is 16.5. The van der Waals surface area contributed by atoms with Crippen LogP contribution in [-0.4, -0.2) is 60.0 Å². The lowest BCUT2D eigenvalue weighted by molar-refractivity contribution is 0.0572. The molecule has 2 atom stereocenters. The first-order valence-electron chi connectivity index (χ1n) is 6.59. The van der Waals surface area contributed by atoms with Crippen molar-refractivity contribution in [3.8, 4) is 17.6 Å². The van der Waals surface area contributed by atoms with Crippen molar-refractivity contribution in [3.63, 3.8) is 0 Å². The molecule has 0 spiro atoms. The second-order valence-electron chi connectivity index (χ2n) is 4.77. The van der Waals surface area contributed by atoms with E-state index < -0.39 is 12.2 Å². The lowest BCUT2D eigenvalue weighted by atomic mass is 10.1. The third-order valence-corrected chi connectivity index (χ3v) is 3.32. The lowest BCUT2D eigenvalue weighted by Gasteiger charge is -2.16. The number of ether oxygens (including phenoxy) is 1. The van der Waals surface area contributed by atoms with Gasteiger partial charge >= 0.3 is 0 Å². The van der Waals surface area contributed by atoms with Gasteiger partial charge in [-0.3, -0.25) is 4.79 Å². The van der Waals surface area contributed by atoms with Crippen LogP contribution in [0.1, 0.15) is 15.9 Å². The van der Waals surface area contributed by atoms with Gasteiger partial charge in [0.15, 0.2) is 0 Å². The maximum absolute atomic E-state index is 12.4. The van der Waals surface area contributed by atoms with Crippen molar-refractivity contribution in [3.05, 3.63) is 29.3 Å². The number of aliphatic hydroxyl groups is 2. The second-order valence-corrected chi connectivity index (χ2v) is 4.77. The molecule has 112 valence electrons. The van der Waals surface area contributed by atoms with Gasteiger partial charge in [-0.15, -0.1) is 0 Å². The number of aliphatic hydroxyl groups excluding tert-OH is 2. The van der Waals surface area contributed by atoms with Gasteiger partial charge in [0.25, 0.3) is 5.91 Å². The average molecular weight is 290 g/mol. The summed E-state index contributed by atoms with van der Waals surface area (Å²) >= 11 is 0. The van der Waals surface area contributed by atoms with Crippen molar-refractivity contribution < 1.29 is 19.7 Å². The summed E-state index contributed by atoms with van der Waals surface area (Å²) in [6, 6.07) is 4.92. The zero-order valence-corrected chi connectivity index (χ0v) is 11.7. The Kier molecular flexibility index (Phi) is 4.81. The van der Waals surface area contributed by atoms with E-state index in [0.717, 1.165) is 0 Å². The van der Waals surface area contributed by atoms with E-state index in [1.165, 1.54) is 12.0 Å². The van der Waals surface area contributed by atoms with Crippen LogP contribution in [-0.2, 0) is 0 Å². The summed E-state index contributed by atoms with van der Waals surface area (Å²) in [6.45, 7) is 0.456. The number of nitrogens with zero attached hydrogens (tertiary/aromatic N) is 1. The van der Waals surface area contributed by atoms with Gasteiger partial charge in [-0.2, -0.15) is 0 Å². The number of carbonyl (C=O) groups excluding carboxylic acids is 1. The van der Waals surface area contributed by atoms with Crippen LogP contribution in [0.3, 0.4) is 0 Å². The summed E-state index contributed by atoms with van der Waals surface area (Å²) in [5, 5.41) is 19.0. The first-order valence-corrected chi connectivity index (χ1v) is 6.59. The molecule has 0 aliphatic carbocycles. The number of likely N-dealkylation sites (tertiary alicyclic amines) is 1. The lowest BCUT2D eigenvalue weighted by Crippen LogP contribution is -2.29. The zero-order chi connectivity index (χ0) is 15.4. The summed E-state index contributed by atoms with van der Waals surface area (Å²) in [5.41, 5.74) is 6.36. The van der Waals surface area contributed by atoms with Crippen molar-refractivity contribution in [1.29, 1.82) is 0 Å². The SMILES string of the molecule is COc1ccc(C(=O)N2CC(O)C(O)C2)cc1C#CCN. The quantitative estimate of drug-likeness (QED) is 0.619. The van der Waals surface area contributed by atoms with Crippen LogP contribution in [0.4, 0.5) is 0 Å². The highest BCUT2D eigenvalue weighted by molar-refractivity contribution is 5.95. The molecule has 1 aliphatic heterocycles. The number of hydrogen-bond acceptors (Lipinski definition) is 5. The van der Waals surface area contributed by atoms with Crippen LogP contribution in [0.5, 0.6) is 5.75 Å². The fourth-order valence-electron chi connectivity index (χ4n) is 2.20. The number of nitrogens with two attached hydrogens (primary N) is 1. The molecular formula is C15H18N2O4. The van der Waals surface area contributed by atoms with Crippen LogP contribution in [0.15, 0.2) is 18.2 Å². The molecule has 6 nitrogen and oxygen atoms in total. The number of methoxy groups -OCH3 is 1. The normalized spacial score (nSPS) is 20.9. The van der Waals surface area contributed by atoms with Crippen molar-refractivity contribution in [2.45, 2.75) is 12.2 Å². The van der Waals surface area contributed by atoms with E-state index in [9.17, 15) is 15.0 Å². The minimum Gasteiger partial charge on any atom is -0.495 e. The average Bonchev–Trinajstić information content (AvgIpc) is 2.83. The third-order valence-electron chi connectivity index (χ3n) is 3.32. The van der Waals surface area contributed by atoms with Crippen LogP contribution in [0.25, 0.3) is 0 Å². The van der Waals surface area contributed by atoms with E-state index >= 15 is 0 Å². The number of hydrogen-bond donors (Lipinski definition) is 3. The van der Waals surface area contributed by atoms with Gasteiger partial charge in [-0.05, 0) is 18.2 Å². The van der Waals surface area contributed by atoms with Crippen LogP contribution < -0.4 is 10.5 Å². The highest BCUT2D eigenvalue weighted by Gasteiger charge is 2.33. The van der Waals surface area contributed by atoms with Crippen molar-refractivity contribution in [1.82, 2.24) is 4.90 Å². The Morgan fingerprint density at radius 2 is 2.10 bits per heavy atom. The Morgan fingerprint density at radius 1 is 1.43 bits per heavy atom. The molecule has 4 N–H and O–H groups in total. The Morgan fingerprint density at radius 3 is 2.67 bits per heavy atom. The molecule has 1 saturated heterocycles. The van der Waals surface area contributed by atoms with E-state index in [1.807, 2.05) is 0 Å². The summed E-state index contributed by atoms with van der Waals surface area (Å²) in [7, 11) is 1.53. The molecule has 1 heterocycles.